The largest absolute Gasteiger partial charge is 0.335 e. The molecule has 0 atom stereocenters. The molecular weight excluding hydrogens is 370 g/mol. The molecule has 0 aromatic carbocycles. The van der Waals surface area contributed by atoms with Crippen molar-refractivity contribution in [1.29, 1.82) is 0 Å². The highest BCUT2D eigenvalue weighted by Gasteiger charge is 2.33. The van der Waals surface area contributed by atoms with Gasteiger partial charge in [0.1, 0.15) is 9.77 Å². The number of piperazine rings is 1. The van der Waals surface area contributed by atoms with Crippen molar-refractivity contribution in [3.63, 3.8) is 0 Å². The molecule has 0 bridgehead atoms. The minimum atomic E-state index is -3.57. The van der Waals surface area contributed by atoms with E-state index in [2.05, 4.69) is 18.7 Å². The van der Waals surface area contributed by atoms with Gasteiger partial charge in [0.25, 0.3) is 5.91 Å². The van der Waals surface area contributed by atoms with Gasteiger partial charge >= 0.3 is 0 Å². The normalized spacial score (nSPS) is 20.7. The summed E-state index contributed by atoms with van der Waals surface area (Å²) in [5.74, 6) is 0.468. The van der Waals surface area contributed by atoms with Gasteiger partial charge in [0.2, 0.25) is 10.0 Å². The number of hydrogen-bond acceptors (Lipinski definition) is 5. The molecule has 8 heteroatoms. The van der Waals surface area contributed by atoms with E-state index in [-0.39, 0.29) is 10.8 Å². The van der Waals surface area contributed by atoms with E-state index in [9.17, 15) is 13.2 Å². The summed E-state index contributed by atoms with van der Waals surface area (Å²) in [5.41, 5.74) is 0. The molecule has 26 heavy (non-hydrogen) atoms. The predicted octanol–water partition coefficient (Wildman–Crippen LogP) is 2.34. The van der Waals surface area contributed by atoms with Crippen LogP contribution in [0.1, 0.15) is 42.8 Å². The van der Waals surface area contributed by atoms with Crippen molar-refractivity contribution in [3.05, 3.63) is 16.3 Å². The quantitative estimate of drug-likeness (QED) is 0.762. The lowest BCUT2D eigenvalue weighted by Crippen LogP contribution is -2.49. The molecular formula is C18H29N3O3S2. The van der Waals surface area contributed by atoms with Gasteiger partial charge in [0.15, 0.2) is 0 Å². The van der Waals surface area contributed by atoms with E-state index in [1.165, 1.54) is 15.6 Å². The second-order valence-electron chi connectivity index (χ2n) is 7.57. The van der Waals surface area contributed by atoms with Crippen LogP contribution in [0.15, 0.2) is 16.3 Å². The van der Waals surface area contributed by atoms with Crippen LogP contribution in [-0.2, 0) is 10.0 Å². The predicted molar refractivity (Wildman–Crippen MR) is 104 cm³/mol. The zero-order valence-electron chi connectivity index (χ0n) is 15.7. The molecule has 0 radical (unpaired) electrons. The molecule has 0 N–H and O–H groups in total. The summed E-state index contributed by atoms with van der Waals surface area (Å²) in [6, 6.07) is 1.59. The number of hydrogen-bond donors (Lipinski definition) is 0. The zero-order valence-corrected chi connectivity index (χ0v) is 17.3. The third-order valence-electron chi connectivity index (χ3n) is 5.04. The van der Waals surface area contributed by atoms with Gasteiger partial charge in [-0.25, -0.2) is 8.42 Å². The number of thiophene rings is 1. The van der Waals surface area contributed by atoms with Crippen molar-refractivity contribution in [3.8, 4) is 0 Å². The molecule has 0 unspecified atom stereocenters. The van der Waals surface area contributed by atoms with Crippen LogP contribution in [0.2, 0.25) is 0 Å². The number of piperidine rings is 1. The van der Waals surface area contributed by atoms with Crippen LogP contribution in [0.4, 0.5) is 0 Å². The smallest absolute Gasteiger partial charge is 0.265 e. The Labute approximate surface area is 160 Å². The summed E-state index contributed by atoms with van der Waals surface area (Å²) >= 11 is 1.24. The molecule has 3 rings (SSSR count). The Bertz CT molecular complexity index is 716. The topological polar surface area (TPSA) is 60.9 Å². The van der Waals surface area contributed by atoms with Crippen LogP contribution in [-0.4, -0.2) is 74.2 Å². The van der Waals surface area contributed by atoms with Crippen molar-refractivity contribution in [2.24, 2.45) is 5.92 Å². The van der Waals surface area contributed by atoms with E-state index in [1.807, 2.05) is 0 Å². The highest BCUT2D eigenvalue weighted by molar-refractivity contribution is 7.89. The van der Waals surface area contributed by atoms with Crippen LogP contribution in [0.5, 0.6) is 0 Å². The Morgan fingerprint density at radius 2 is 1.73 bits per heavy atom. The number of carbonyl (C=O) groups excluding carboxylic acids is 1. The monoisotopic (exact) mass is 399 g/mol. The van der Waals surface area contributed by atoms with E-state index in [4.69, 9.17) is 0 Å². The van der Waals surface area contributed by atoms with Crippen LogP contribution < -0.4 is 0 Å². The number of rotatable bonds is 5. The summed E-state index contributed by atoms with van der Waals surface area (Å²) in [4.78, 5) is 17.7. The van der Waals surface area contributed by atoms with Gasteiger partial charge in [-0.05, 0) is 30.2 Å². The van der Waals surface area contributed by atoms with Gasteiger partial charge in [-0.15, -0.1) is 11.3 Å². The van der Waals surface area contributed by atoms with E-state index in [0.717, 1.165) is 38.9 Å². The van der Waals surface area contributed by atoms with E-state index >= 15 is 0 Å². The molecule has 0 spiro atoms. The lowest BCUT2D eigenvalue weighted by molar-refractivity contribution is 0.0625. The minimum absolute atomic E-state index is 0.139. The average Bonchev–Trinajstić information content (AvgIpc) is 3.12. The Balaban J connectivity index is 1.71. The minimum Gasteiger partial charge on any atom is -0.335 e. The van der Waals surface area contributed by atoms with Crippen LogP contribution in [0, 0.1) is 5.92 Å². The second-order valence-corrected chi connectivity index (χ2v) is 10.4. The van der Waals surface area contributed by atoms with Crippen LogP contribution in [0.25, 0.3) is 0 Å². The Hall–Kier alpha value is -0.960. The fourth-order valence-electron chi connectivity index (χ4n) is 3.69. The van der Waals surface area contributed by atoms with E-state index in [1.54, 1.807) is 16.3 Å². The fourth-order valence-corrected chi connectivity index (χ4v) is 6.57. The summed E-state index contributed by atoms with van der Waals surface area (Å²) in [6.07, 6.45) is 2.86. The van der Waals surface area contributed by atoms with Gasteiger partial charge in [-0.2, -0.15) is 4.31 Å². The Morgan fingerprint density at radius 1 is 1.08 bits per heavy atom. The molecule has 2 aliphatic rings. The van der Waals surface area contributed by atoms with Crippen LogP contribution >= 0.6 is 11.3 Å². The van der Waals surface area contributed by atoms with Crippen LogP contribution in [0.3, 0.4) is 0 Å². The summed E-state index contributed by atoms with van der Waals surface area (Å²) in [7, 11) is -3.57. The maximum absolute atomic E-state index is 13.0. The van der Waals surface area contributed by atoms with Gasteiger partial charge in [-0.1, -0.05) is 20.3 Å². The SMILES string of the molecule is CC(C)CN1CCN(C(=O)c2sccc2S(=O)(=O)N2CCCCC2)CC1. The maximum Gasteiger partial charge on any atom is 0.265 e. The molecule has 146 valence electrons. The number of amides is 1. The highest BCUT2D eigenvalue weighted by Crippen LogP contribution is 2.28. The van der Waals surface area contributed by atoms with Gasteiger partial charge in [0, 0.05) is 45.8 Å². The van der Waals surface area contributed by atoms with Crippen molar-refractivity contribution >= 4 is 27.3 Å². The van der Waals surface area contributed by atoms with Gasteiger partial charge < -0.3 is 4.90 Å². The average molecular weight is 400 g/mol. The molecule has 3 heterocycles. The van der Waals surface area contributed by atoms with Crippen molar-refractivity contribution in [2.45, 2.75) is 38.0 Å². The first-order chi connectivity index (χ1) is 12.4. The standard InChI is InChI=1S/C18H29N3O3S2/c1-15(2)14-19-9-11-20(12-10-19)18(22)17-16(6-13-25-17)26(23,24)21-7-4-3-5-8-21/h6,13,15H,3-5,7-12,14H2,1-2H3. The maximum atomic E-state index is 13.0. The molecule has 0 aliphatic carbocycles. The number of nitrogens with zero attached hydrogens (tertiary/aromatic N) is 3. The third kappa shape index (κ3) is 4.30. The van der Waals surface area contributed by atoms with E-state index < -0.39 is 10.0 Å². The molecule has 6 nitrogen and oxygen atoms in total. The molecule has 0 saturated carbocycles. The number of carbonyl (C=O) groups is 1. The molecule has 1 aromatic rings. The molecule has 2 aliphatic heterocycles. The van der Waals surface area contributed by atoms with Gasteiger partial charge in [-0.3, -0.25) is 9.69 Å². The fraction of sp³-hybridized carbons (Fsp3) is 0.722. The first-order valence-electron chi connectivity index (χ1n) is 9.49. The number of sulfonamides is 1. The Morgan fingerprint density at radius 3 is 2.35 bits per heavy atom. The van der Waals surface area contributed by atoms with Crippen molar-refractivity contribution in [1.82, 2.24) is 14.1 Å². The van der Waals surface area contributed by atoms with E-state index in [0.29, 0.717) is 37.0 Å². The molecule has 2 fully saturated rings. The first-order valence-corrected chi connectivity index (χ1v) is 11.8. The second kappa shape index (κ2) is 8.37. The van der Waals surface area contributed by atoms with Crippen molar-refractivity contribution in [2.75, 3.05) is 45.8 Å². The molecule has 1 amide bonds. The molecule has 2 saturated heterocycles. The van der Waals surface area contributed by atoms with Crippen molar-refractivity contribution < 1.29 is 13.2 Å². The zero-order chi connectivity index (χ0) is 18.7. The Kier molecular flexibility index (Phi) is 6.37. The molecule has 1 aromatic heterocycles. The highest BCUT2D eigenvalue weighted by atomic mass is 32.2. The summed E-state index contributed by atoms with van der Waals surface area (Å²) in [6.45, 7) is 9.56. The summed E-state index contributed by atoms with van der Waals surface area (Å²) in [5, 5.41) is 1.72. The summed E-state index contributed by atoms with van der Waals surface area (Å²) < 4.78 is 27.5. The first kappa shape index (κ1) is 19.8. The lowest BCUT2D eigenvalue weighted by Gasteiger charge is -2.35. The van der Waals surface area contributed by atoms with Gasteiger partial charge in [0.05, 0.1) is 0 Å². The third-order valence-corrected chi connectivity index (χ3v) is 8.01. The lowest BCUT2D eigenvalue weighted by atomic mass is 10.2.